The number of pyridine rings is 2. The Balaban J connectivity index is 1.17. The predicted octanol–water partition coefficient (Wildman–Crippen LogP) is 13.8. The molecule has 10 aromatic rings. The molecule has 0 radical (unpaired) electrons. The molecule has 0 fully saturated rings. The fourth-order valence-corrected chi connectivity index (χ4v) is 7.56. The van der Waals surface area contributed by atoms with Crippen LogP contribution in [0, 0.1) is 0 Å². The molecule has 0 atom stereocenters. The molecule has 4 nitrogen and oxygen atoms in total. The van der Waals surface area contributed by atoms with Crippen LogP contribution in [-0.4, -0.2) is 19.9 Å². The zero-order chi connectivity index (χ0) is 38.7. The van der Waals surface area contributed by atoms with Crippen LogP contribution in [0.1, 0.15) is 0 Å². The monoisotopic (exact) mass is 740 g/mol. The quantitative estimate of drug-likeness (QED) is 0.156. The molecule has 7 aromatic carbocycles. The molecule has 0 aliphatic rings. The van der Waals surface area contributed by atoms with Crippen molar-refractivity contribution in [3.8, 4) is 89.8 Å². The third-order valence-electron chi connectivity index (χ3n) is 10.5. The predicted molar refractivity (Wildman–Crippen MR) is 239 cm³/mol. The minimum absolute atomic E-state index is 0.631. The molecule has 0 aliphatic carbocycles. The Morgan fingerprint density at radius 2 is 0.741 bits per heavy atom. The third kappa shape index (κ3) is 7.07. The van der Waals surface area contributed by atoms with Crippen LogP contribution in [0.15, 0.2) is 219 Å². The highest BCUT2D eigenvalue weighted by Crippen LogP contribution is 2.37. The summed E-state index contributed by atoms with van der Waals surface area (Å²) in [5, 5.41) is 0.996. The van der Waals surface area contributed by atoms with Crippen LogP contribution in [0.2, 0.25) is 0 Å². The molecule has 4 heteroatoms. The highest BCUT2D eigenvalue weighted by atomic mass is 14.9. The Morgan fingerprint density at radius 3 is 1.36 bits per heavy atom. The Kier molecular flexibility index (Phi) is 9.18. The molecular formula is C54H36N4. The molecule has 0 aliphatic heterocycles. The first kappa shape index (κ1) is 34.7. The Morgan fingerprint density at radius 1 is 0.259 bits per heavy atom. The fraction of sp³-hybridized carbons (Fsp3) is 0. The number of rotatable bonds is 8. The van der Waals surface area contributed by atoms with E-state index in [1.807, 2.05) is 48.7 Å². The second-order valence-electron chi connectivity index (χ2n) is 14.3. The summed E-state index contributed by atoms with van der Waals surface area (Å²) in [6.07, 6.45) is 1.83. The molecule has 272 valence electrons. The van der Waals surface area contributed by atoms with Crippen molar-refractivity contribution in [2.75, 3.05) is 0 Å². The first-order valence-electron chi connectivity index (χ1n) is 19.5. The van der Waals surface area contributed by atoms with E-state index in [9.17, 15) is 0 Å². The summed E-state index contributed by atoms with van der Waals surface area (Å²) in [4.78, 5) is 20.8. The summed E-state index contributed by atoms with van der Waals surface area (Å²) in [5.74, 6) is 0.631. The van der Waals surface area contributed by atoms with Gasteiger partial charge in [0.25, 0.3) is 0 Å². The molecule has 0 spiro atoms. The third-order valence-corrected chi connectivity index (χ3v) is 10.5. The molecular weight excluding hydrogens is 705 g/mol. The minimum atomic E-state index is 0.631. The Hall–Kier alpha value is -7.82. The van der Waals surface area contributed by atoms with Gasteiger partial charge in [-0.1, -0.05) is 158 Å². The van der Waals surface area contributed by atoms with Crippen molar-refractivity contribution in [2.45, 2.75) is 0 Å². The van der Waals surface area contributed by atoms with E-state index in [0.29, 0.717) is 5.82 Å². The van der Waals surface area contributed by atoms with Crippen LogP contribution in [0.25, 0.3) is 101 Å². The van der Waals surface area contributed by atoms with Crippen LogP contribution in [0.3, 0.4) is 0 Å². The summed E-state index contributed by atoms with van der Waals surface area (Å²) in [5.41, 5.74) is 16.0. The number of hydrogen-bond acceptors (Lipinski definition) is 4. The molecule has 10 rings (SSSR count). The topological polar surface area (TPSA) is 51.6 Å². The number of fused-ring (bicyclic) bond motifs is 1. The molecule has 0 saturated carbocycles. The largest absolute Gasteiger partial charge is 0.256 e. The summed E-state index contributed by atoms with van der Waals surface area (Å²) < 4.78 is 0. The van der Waals surface area contributed by atoms with Gasteiger partial charge >= 0.3 is 0 Å². The van der Waals surface area contributed by atoms with E-state index < -0.39 is 0 Å². The van der Waals surface area contributed by atoms with Crippen LogP contribution < -0.4 is 0 Å². The molecule has 0 saturated heterocycles. The lowest BCUT2D eigenvalue weighted by Gasteiger charge is -2.15. The van der Waals surface area contributed by atoms with E-state index in [2.05, 4.69) is 170 Å². The van der Waals surface area contributed by atoms with Gasteiger partial charge in [0.15, 0.2) is 5.82 Å². The van der Waals surface area contributed by atoms with E-state index in [1.165, 1.54) is 5.56 Å². The van der Waals surface area contributed by atoms with Crippen molar-refractivity contribution < 1.29 is 0 Å². The highest BCUT2D eigenvalue weighted by molar-refractivity contribution is 5.96. The van der Waals surface area contributed by atoms with Gasteiger partial charge in [0.1, 0.15) is 0 Å². The van der Waals surface area contributed by atoms with Gasteiger partial charge in [0.05, 0.1) is 28.3 Å². The van der Waals surface area contributed by atoms with Crippen molar-refractivity contribution in [1.82, 2.24) is 19.9 Å². The van der Waals surface area contributed by atoms with Gasteiger partial charge in [-0.15, -0.1) is 0 Å². The van der Waals surface area contributed by atoms with Gasteiger partial charge in [-0.25, -0.2) is 15.0 Å². The number of nitrogens with zero attached hydrogens (tertiary/aromatic N) is 4. The van der Waals surface area contributed by atoms with Crippen molar-refractivity contribution in [2.24, 2.45) is 0 Å². The van der Waals surface area contributed by atoms with Crippen molar-refractivity contribution >= 4 is 10.9 Å². The second-order valence-corrected chi connectivity index (χ2v) is 14.3. The van der Waals surface area contributed by atoms with Gasteiger partial charge in [-0.2, -0.15) is 0 Å². The SMILES string of the molecule is c1ccc(-c2ccc(-c3cc(-c4ccccc4)cc(-c4cc(-c5ccccn5)cc(-c5nc(-c6ccccc6)c6ccc(-c7ccccc7)cc6n5)c4)n3)cc2)cc1. The number of aromatic nitrogens is 4. The average molecular weight is 741 g/mol. The van der Waals surface area contributed by atoms with Gasteiger partial charge in [-0.3, -0.25) is 4.98 Å². The van der Waals surface area contributed by atoms with Crippen LogP contribution in [-0.2, 0) is 0 Å². The van der Waals surface area contributed by atoms with Gasteiger partial charge < -0.3 is 0 Å². The summed E-state index contributed by atoms with van der Waals surface area (Å²) >= 11 is 0. The molecule has 58 heavy (non-hydrogen) atoms. The molecule has 3 heterocycles. The second kappa shape index (κ2) is 15.4. The zero-order valence-electron chi connectivity index (χ0n) is 31.6. The standard InChI is InChI=1S/C54H36N4/c1-5-15-37(16-6-1)40-24-26-41(27-25-40)50-35-44(39-19-9-3-10-20-39)36-51(56-50)46-31-45(49-23-13-14-30-55-49)32-47(33-46)54-57-52-34-43(38-17-7-2-8-18-38)28-29-48(52)53(58-54)42-21-11-4-12-22-42/h1-36H. The van der Waals surface area contributed by atoms with E-state index in [-0.39, 0.29) is 0 Å². The summed E-state index contributed by atoms with van der Waals surface area (Å²) in [6, 6.07) is 73.8. The van der Waals surface area contributed by atoms with Crippen LogP contribution in [0.4, 0.5) is 0 Å². The lowest BCUT2D eigenvalue weighted by atomic mass is 9.96. The molecule has 0 unspecified atom stereocenters. The highest BCUT2D eigenvalue weighted by Gasteiger charge is 2.17. The van der Waals surface area contributed by atoms with Crippen molar-refractivity contribution in [3.63, 3.8) is 0 Å². The first-order chi connectivity index (χ1) is 28.7. The summed E-state index contributed by atoms with van der Waals surface area (Å²) in [7, 11) is 0. The first-order valence-corrected chi connectivity index (χ1v) is 19.5. The average Bonchev–Trinajstić information content (AvgIpc) is 3.32. The van der Waals surface area contributed by atoms with E-state index in [0.717, 1.165) is 89.3 Å². The van der Waals surface area contributed by atoms with E-state index in [1.54, 1.807) is 0 Å². The van der Waals surface area contributed by atoms with E-state index >= 15 is 0 Å². The van der Waals surface area contributed by atoms with E-state index in [4.69, 9.17) is 19.9 Å². The molecule has 0 amide bonds. The maximum absolute atomic E-state index is 5.37. The maximum Gasteiger partial charge on any atom is 0.160 e. The van der Waals surface area contributed by atoms with Crippen molar-refractivity contribution in [1.29, 1.82) is 0 Å². The van der Waals surface area contributed by atoms with Gasteiger partial charge in [0, 0.05) is 39.4 Å². The van der Waals surface area contributed by atoms with Gasteiger partial charge in [-0.05, 0) is 88.0 Å². The molecule has 0 N–H and O–H groups in total. The fourth-order valence-electron chi connectivity index (χ4n) is 7.56. The maximum atomic E-state index is 5.37. The Labute approximate surface area is 337 Å². The normalized spacial score (nSPS) is 11.1. The summed E-state index contributed by atoms with van der Waals surface area (Å²) in [6.45, 7) is 0. The lowest BCUT2D eigenvalue weighted by molar-refractivity contribution is 1.23. The smallest absolute Gasteiger partial charge is 0.160 e. The van der Waals surface area contributed by atoms with Crippen molar-refractivity contribution in [3.05, 3.63) is 219 Å². The number of benzene rings is 7. The lowest BCUT2D eigenvalue weighted by Crippen LogP contribution is -1.97. The molecule has 3 aromatic heterocycles. The Bertz CT molecular complexity index is 3010. The van der Waals surface area contributed by atoms with Crippen LogP contribution >= 0.6 is 0 Å². The minimum Gasteiger partial charge on any atom is -0.256 e. The van der Waals surface area contributed by atoms with Crippen LogP contribution in [0.5, 0.6) is 0 Å². The zero-order valence-corrected chi connectivity index (χ0v) is 31.6. The number of hydrogen-bond donors (Lipinski definition) is 0. The molecule has 0 bridgehead atoms. The van der Waals surface area contributed by atoms with Gasteiger partial charge in [0.2, 0.25) is 0 Å².